The fourth-order valence-corrected chi connectivity index (χ4v) is 4.32. The highest BCUT2D eigenvalue weighted by Crippen LogP contribution is 2.38. The van der Waals surface area contributed by atoms with Gasteiger partial charge in [-0.25, -0.2) is 0 Å². The van der Waals surface area contributed by atoms with Crippen LogP contribution in [0.1, 0.15) is 36.6 Å². The second-order valence-corrected chi connectivity index (χ2v) is 8.27. The van der Waals surface area contributed by atoms with Gasteiger partial charge >= 0.3 is 0 Å². The lowest BCUT2D eigenvalue weighted by molar-refractivity contribution is -0.129. The molecule has 6 nitrogen and oxygen atoms in total. The van der Waals surface area contributed by atoms with Crippen molar-refractivity contribution in [2.45, 2.75) is 25.3 Å². The van der Waals surface area contributed by atoms with Crippen molar-refractivity contribution in [3.8, 4) is 0 Å². The van der Waals surface area contributed by atoms with E-state index in [9.17, 15) is 14.7 Å². The second-order valence-electron chi connectivity index (χ2n) is 7.83. The highest BCUT2D eigenvalue weighted by atomic mass is 35.5. The Morgan fingerprint density at radius 1 is 1.13 bits per heavy atom. The predicted molar refractivity (Wildman–Crippen MR) is 119 cm³/mol. The molecule has 2 aliphatic heterocycles. The molecule has 0 saturated carbocycles. The molecular formula is C24H25ClN2O4. The number of aliphatic hydroxyl groups excluding tert-OH is 1. The molecule has 1 atom stereocenters. The zero-order chi connectivity index (χ0) is 21.8. The third-order valence-corrected chi connectivity index (χ3v) is 6.05. The van der Waals surface area contributed by atoms with E-state index < -0.39 is 23.5 Å². The van der Waals surface area contributed by atoms with Crippen molar-refractivity contribution in [2.24, 2.45) is 0 Å². The summed E-state index contributed by atoms with van der Waals surface area (Å²) in [5, 5.41) is 11.2. The molecule has 1 N–H and O–H groups in total. The van der Waals surface area contributed by atoms with E-state index in [1.807, 2.05) is 0 Å². The third-order valence-electron chi connectivity index (χ3n) is 5.80. The minimum absolute atomic E-state index is 0.0776. The molecule has 1 saturated heterocycles. The molecule has 31 heavy (non-hydrogen) atoms. The van der Waals surface area contributed by atoms with Crippen molar-refractivity contribution in [1.82, 2.24) is 9.80 Å². The highest BCUT2D eigenvalue weighted by Gasteiger charge is 2.42. The van der Waals surface area contributed by atoms with Crippen LogP contribution >= 0.6 is 11.6 Å². The third kappa shape index (κ3) is 4.75. The number of aliphatic hydroxyl groups is 1. The van der Waals surface area contributed by atoms with Crippen molar-refractivity contribution in [2.75, 3.05) is 26.2 Å². The van der Waals surface area contributed by atoms with E-state index in [-0.39, 0.29) is 5.57 Å². The predicted octanol–water partition coefficient (Wildman–Crippen LogP) is 4.40. The van der Waals surface area contributed by atoms with Crippen LogP contribution in [0.2, 0.25) is 5.02 Å². The van der Waals surface area contributed by atoms with Crippen molar-refractivity contribution < 1.29 is 19.1 Å². The number of likely N-dealkylation sites (tertiary alicyclic amines) is 1. The average Bonchev–Trinajstić information content (AvgIpc) is 3.39. The van der Waals surface area contributed by atoms with Crippen LogP contribution in [0, 0.1) is 0 Å². The number of amides is 1. The van der Waals surface area contributed by atoms with E-state index in [0.717, 1.165) is 31.5 Å². The fourth-order valence-electron chi connectivity index (χ4n) is 4.19. The van der Waals surface area contributed by atoms with Crippen LogP contribution in [0.15, 0.2) is 64.5 Å². The number of rotatable bonds is 7. The number of carbonyl (C=O) groups excluding carboxylic acids is 2. The van der Waals surface area contributed by atoms with Crippen LogP contribution in [-0.4, -0.2) is 52.8 Å². The Kier molecular flexibility index (Phi) is 6.59. The van der Waals surface area contributed by atoms with Gasteiger partial charge in [-0.3, -0.25) is 9.59 Å². The summed E-state index contributed by atoms with van der Waals surface area (Å²) in [7, 11) is 0. The molecule has 0 radical (unpaired) electrons. The minimum Gasteiger partial charge on any atom is -0.503 e. The summed E-state index contributed by atoms with van der Waals surface area (Å²) in [5.41, 5.74) is 0.809. The van der Waals surface area contributed by atoms with Crippen molar-refractivity contribution in [3.05, 3.63) is 76.4 Å². The maximum absolute atomic E-state index is 13.0. The zero-order valence-electron chi connectivity index (χ0n) is 17.2. The molecule has 1 aromatic carbocycles. The molecular weight excluding hydrogens is 416 g/mol. The van der Waals surface area contributed by atoms with Gasteiger partial charge in [0.2, 0.25) is 0 Å². The molecule has 1 fully saturated rings. The molecule has 1 aromatic heterocycles. The molecule has 7 heteroatoms. The van der Waals surface area contributed by atoms with Gasteiger partial charge in [-0.2, -0.15) is 0 Å². The van der Waals surface area contributed by atoms with Crippen LogP contribution in [-0.2, 0) is 9.59 Å². The highest BCUT2D eigenvalue weighted by molar-refractivity contribution is 6.30. The first-order chi connectivity index (χ1) is 15.0. The number of benzene rings is 1. The SMILES string of the molecule is O=C(/C=C/c1ccco1)C1=C(O)C(=O)N(CCN2CCCCC2)C1c1ccc(Cl)cc1. The molecule has 1 unspecified atom stereocenters. The lowest BCUT2D eigenvalue weighted by Gasteiger charge is -2.31. The maximum atomic E-state index is 13.0. The summed E-state index contributed by atoms with van der Waals surface area (Å²) in [6.45, 7) is 3.14. The van der Waals surface area contributed by atoms with Crippen molar-refractivity contribution in [1.29, 1.82) is 0 Å². The molecule has 1 amide bonds. The molecule has 4 rings (SSSR count). The topological polar surface area (TPSA) is 74.0 Å². The van der Waals surface area contributed by atoms with Crippen molar-refractivity contribution in [3.63, 3.8) is 0 Å². The average molecular weight is 441 g/mol. The summed E-state index contributed by atoms with van der Waals surface area (Å²) < 4.78 is 5.23. The van der Waals surface area contributed by atoms with E-state index in [4.69, 9.17) is 16.0 Å². The van der Waals surface area contributed by atoms with Gasteiger partial charge in [0.25, 0.3) is 5.91 Å². The fraction of sp³-hybridized carbons (Fsp3) is 0.333. The first-order valence-corrected chi connectivity index (χ1v) is 10.9. The lowest BCUT2D eigenvalue weighted by Crippen LogP contribution is -2.40. The first-order valence-electron chi connectivity index (χ1n) is 10.5. The molecule has 0 bridgehead atoms. The summed E-state index contributed by atoms with van der Waals surface area (Å²) in [4.78, 5) is 29.9. The monoisotopic (exact) mass is 440 g/mol. The quantitative estimate of drug-likeness (QED) is 0.646. The van der Waals surface area contributed by atoms with Crippen LogP contribution < -0.4 is 0 Å². The van der Waals surface area contributed by atoms with E-state index in [2.05, 4.69) is 4.90 Å². The van der Waals surface area contributed by atoms with E-state index in [1.54, 1.807) is 41.3 Å². The summed E-state index contributed by atoms with van der Waals surface area (Å²) >= 11 is 6.04. The Morgan fingerprint density at radius 2 is 1.87 bits per heavy atom. The molecule has 0 aliphatic carbocycles. The zero-order valence-corrected chi connectivity index (χ0v) is 17.9. The number of allylic oxidation sites excluding steroid dienone is 1. The standard InChI is InChI=1S/C24H25ClN2O4/c25-18-8-6-17(7-9-18)22-21(20(28)11-10-19-5-4-16-31-19)23(29)24(30)27(22)15-14-26-12-2-1-3-13-26/h4-11,16,22,29H,1-3,12-15H2/b11-10+. The molecule has 3 heterocycles. The van der Waals surface area contributed by atoms with Gasteiger partial charge in [-0.15, -0.1) is 0 Å². The van der Waals surface area contributed by atoms with Gasteiger partial charge in [-0.05, 0) is 67.9 Å². The van der Waals surface area contributed by atoms with Crippen LogP contribution in [0.4, 0.5) is 0 Å². The normalized spacial score (nSPS) is 20.2. The first kappa shape index (κ1) is 21.4. The number of hydrogen-bond acceptors (Lipinski definition) is 5. The largest absolute Gasteiger partial charge is 0.503 e. The number of halogens is 1. The molecule has 2 aliphatic rings. The number of carbonyl (C=O) groups is 2. The lowest BCUT2D eigenvalue weighted by atomic mass is 9.96. The van der Waals surface area contributed by atoms with E-state index >= 15 is 0 Å². The van der Waals surface area contributed by atoms with E-state index in [1.165, 1.54) is 24.8 Å². The number of piperidine rings is 1. The van der Waals surface area contributed by atoms with Gasteiger partial charge in [0.05, 0.1) is 17.9 Å². The Balaban J connectivity index is 1.61. The van der Waals surface area contributed by atoms with Crippen LogP contribution in [0.3, 0.4) is 0 Å². The Morgan fingerprint density at radius 3 is 2.55 bits per heavy atom. The van der Waals surface area contributed by atoms with Gasteiger partial charge in [0.15, 0.2) is 11.5 Å². The summed E-state index contributed by atoms with van der Waals surface area (Å²) in [6, 6.07) is 9.80. The van der Waals surface area contributed by atoms with Gasteiger partial charge in [-0.1, -0.05) is 30.2 Å². The smallest absolute Gasteiger partial charge is 0.290 e. The van der Waals surface area contributed by atoms with E-state index in [0.29, 0.717) is 23.9 Å². The number of furan rings is 1. The van der Waals surface area contributed by atoms with Crippen LogP contribution in [0.25, 0.3) is 6.08 Å². The minimum atomic E-state index is -0.664. The Bertz CT molecular complexity index is 989. The summed E-state index contributed by atoms with van der Waals surface area (Å²) in [6.07, 6.45) is 7.91. The number of nitrogens with zero attached hydrogens (tertiary/aromatic N) is 2. The molecule has 162 valence electrons. The molecule has 0 spiro atoms. The second kappa shape index (κ2) is 9.54. The van der Waals surface area contributed by atoms with Crippen LogP contribution in [0.5, 0.6) is 0 Å². The maximum Gasteiger partial charge on any atom is 0.290 e. The molecule has 2 aromatic rings. The number of ketones is 1. The Labute approximate surface area is 186 Å². The van der Waals surface area contributed by atoms with Gasteiger partial charge < -0.3 is 19.3 Å². The Hall–Kier alpha value is -2.83. The summed E-state index contributed by atoms with van der Waals surface area (Å²) in [5.74, 6) is -0.926. The van der Waals surface area contributed by atoms with Gasteiger partial charge in [0.1, 0.15) is 5.76 Å². The number of hydrogen-bond donors (Lipinski definition) is 1. The van der Waals surface area contributed by atoms with Crippen molar-refractivity contribution >= 4 is 29.4 Å². The van der Waals surface area contributed by atoms with Gasteiger partial charge in [0, 0.05) is 18.1 Å².